The standard InChI is InChI=1S/C20H28N2O7/c1-13-6-5-7-22(11-13)17(23)12-29-18(24)10-21-20(25)14-8-15(26-2)19(28-4)16(9-14)27-3/h8-9,13H,5-7,10-12H2,1-4H3,(H,21,25)/t13-/m1/s1. The number of rotatable bonds is 8. The fourth-order valence-electron chi connectivity index (χ4n) is 3.17. The van der Waals surface area contributed by atoms with Crippen molar-refractivity contribution in [1.82, 2.24) is 10.2 Å². The number of likely N-dealkylation sites (tertiary alicyclic amines) is 1. The molecule has 9 heteroatoms. The van der Waals surface area contributed by atoms with Crippen LogP contribution >= 0.6 is 0 Å². The van der Waals surface area contributed by atoms with Gasteiger partial charge < -0.3 is 29.2 Å². The highest BCUT2D eigenvalue weighted by Crippen LogP contribution is 2.38. The van der Waals surface area contributed by atoms with E-state index in [2.05, 4.69) is 12.2 Å². The molecule has 160 valence electrons. The Balaban J connectivity index is 1.87. The summed E-state index contributed by atoms with van der Waals surface area (Å²) < 4.78 is 20.6. The van der Waals surface area contributed by atoms with Gasteiger partial charge >= 0.3 is 5.97 Å². The van der Waals surface area contributed by atoms with Crippen LogP contribution in [0.3, 0.4) is 0 Å². The van der Waals surface area contributed by atoms with Crippen molar-refractivity contribution in [3.63, 3.8) is 0 Å². The van der Waals surface area contributed by atoms with Crippen molar-refractivity contribution in [2.45, 2.75) is 19.8 Å². The molecule has 0 spiro atoms. The first-order valence-corrected chi connectivity index (χ1v) is 9.41. The van der Waals surface area contributed by atoms with Crippen molar-refractivity contribution < 1.29 is 33.3 Å². The lowest BCUT2D eigenvalue weighted by Crippen LogP contribution is -2.42. The number of hydrogen-bond acceptors (Lipinski definition) is 7. The minimum absolute atomic E-state index is 0.221. The lowest BCUT2D eigenvalue weighted by molar-refractivity contribution is -0.151. The minimum atomic E-state index is -0.691. The molecular formula is C20H28N2O7. The molecule has 0 aliphatic carbocycles. The number of hydrogen-bond donors (Lipinski definition) is 1. The zero-order valence-electron chi connectivity index (χ0n) is 17.3. The normalized spacial score (nSPS) is 16.0. The number of piperidine rings is 1. The summed E-state index contributed by atoms with van der Waals surface area (Å²) in [5.74, 6) is 0.0157. The number of methoxy groups -OCH3 is 3. The topological polar surface area (TPSA) is 103 Å². The highest BCUT2D eigenvalue weighted by Gasteiger charge is 2.22. The van der Waals surface area contributed by atoms with E-state index in [0.717, 1.165) is 12.8 Å². The Morgan fingerprint density at radius 1 is 1.10 bits per heavy atom. The predicted octanol–water partition coefficient (Wildman–Crippen LogP) is 1.24. The van der Waals surface area contributed by atoms with E-state index in [9.17, 15) is 14.4 Å². The SMILES string of the molecule is COc1cc(C(=O)NCC(=O)OCC(=O)N2CCC[C@@H](C)C2)cc(OC)c1OC. The van der Waals surface area contributed by atoms with Crippen LogP contribution < -0.4 is 19.5 Å². The Bertz CT molecular complexity index is 725. The highest BCUT2D eigenvalue weighted by atomic mass is 16.5. The molecule has 1 N–H and O–H groups in total. The van der Waals surface area contributed by atoms with E-state index < -0.39 is 11.9 Å². The molecule has 0 saturated carbocycles. The largest absolute Gasteiger partial charge is 0.493 e. The zero-order valence-corrected chi connectivity index (χ0v) is 17.3. The van der Waals surface area contributed by atoms with Crippen molar-refractivity contribution in [1.29, 1.82) is 0 Å². The van der Waals surface area contributed by atoms with Crippen molar-refractivity contribution >= 4 is 17.8 Å². The summed E-state index contributed by atoms with van der Waals surface area (Å²) in [4.78, 5) is 38.1. The number of carbonyl (C=O) groups excluding carboxylic acids is 3. The summed E-state index contributed by atoms with van der Waals surface area (Å²) in [6, 6.07) is 2.95. The van der Waals surface area contributed by atoms with Crippen molar-refractivity contribution in [2.75, 3.05) is 47.6 Å². The highest BCUT2D eigenvalue weighted by molar-refractivity contribution is 5.97. The third-order valence-corrected chi connectivity index (χ3v) is 4.69. The van der Waals surface area contributed by atoms with E-state index in [4.69, 9.17) is 18.9 Å². The van der Waals surface area contributed by atoms with E-state index in [0.29, 0.717) is 36.3 Å². The number of carbonyl (C=O) groups is 3. The molecule has 0 bridgehead atoms. The van der Waals surface area contributed by atoms with Crippen LogP contribution in [0.4, 0.5) is 0 Å². The summed E-state index contributed by atoms with van der Waals surface area (Å²) in [5, 5.41) is 2.46. The first kappa shape index (κ1) is 22.3. The van der Waals surface area contributed by atoms with E-state index in [1.165, 1.54) is 33.5 Å². The molecule has 1 heterocycles. The lowest BCUT2D eigenvalue weighted by atomic mass is 10.0. The van der Waals surface area contributed by atoms with Crippen LogP contribution in [0.1, 0.15) is 30.1 Å². The molecule has 2 amide bonds. The van der Waals surface area contributed by atoms with Crippen LogP contribution in [0.15, 0.2) is 12.1 Å². The van der Waals surface area contributed by atoms with Gasteiger partial charge in [-0.05, 0) is 30.9 Å². The fraction of sp³-hybridized carbons (Fsp3) is 0.550. The molecule has 1 aliphatic heterocycles. The van der Waals surface area contributed by atoms with Crippen molar-refractivity contribution in [2.24, 2.45) is 5.92 Å². The molecule has 1 fully saturated rings. The number of esters is 1. The summed E-state index contributed by atoms with van der Waals surface area (Å²) in [6.07, 6.45) is 2.04. The van der Waals surface area contributed by atoms with Crippen molar-refractivity contribution in [3.8, 4) is 17.2 Å². The van der Waals surface area contributed by atoms with Gasteiger partial charge in [-0.1, -0.05) is 6.92 Å². The maximum absolute atomic E-state index is 12.4. The average Bonchev–Trinajstić information content (AvgIpc) is 2.74. The lowest BCUT2D eigenvalue weighted by Gasteiger charge is -2.30. The van der Waals surface area contributed by atoms with Gasteiger partial charge in [-0.3, -0.25) is 14.4 Å². The Morgan fingerprint density at radius 2 is 1.76 bits per heavy atom. The van der Waals surface area contributed by atoms with Crippen molar-refractivity contribution in [3.05, 3.63) is 17.7 Å². The Hall–Kier alpha value is -2.97. The zero-order chi connectivity index (χ0) is 21.4. The summed E-state index contributed by atoms with van der Waals surface area (Å²) in [6.45, 7) is 2.75. The van der Waals surface area contributed by atoms with E-state index >= 15 is 0 Å². The van der Waals surface area contributed by atoms with Gasteiger partial charge in [-0.15, -0.1) is 0 Å². The average molecular weight is 408 g/mol. The Kier molecular flexibility index (Phi) is 8.11. The quantitative estimate of drug-likeness (QED) is 0.646. The number of nitrogens with zero attached hydrogens (tertiary/aromatic N) is 1. The molecule has 2 rings (SSSR count). The Labute approximate surface area is 170 Å². The predicted molar refractivity (Wildman–Crippen MR) is 104 cm³/mol. The van der Waals surface area contributed by atoms with Crippen LogP contribution in [0.5, 0.6) is 17.2 Å². The second kappa shape index (κ2) is 10.5. The smallest absolute Gasteiger partial charge is 0.325 e. The van der Waals surface area contributed by atoms with Crippen LogP contribution in [0.2, 0.25) is 0 Å². The maximum atomic E-state index is 12.4. The monoisotopic (exact) mass is 408 g/mol. The fourth-order valence-corrected chi connectivity index (χ4v) is 3.17. The van der Waals surface area contributed by atoms with Crippen LogP contribution in [-0.2, 0) is 14.3 Å². The van der Waals surface area contributed by atoms with Gasteiger partial charge in [0.1, 0.15) is 6.54 Å². The second-order valence-corrected chi connectivity index (χ2v) is 6.84. The molecule has 0 unspecified atom stereocenters. The van der Waals surface area contributed by atoms with Gasteiger partial charge in [0.15, 0.2) is 18.1 Å². The van der Waals surface area contributed by atoms with Gasteiger partial charge in [0, 0.05) is 18.7 Å². The van der Waals surface area contributed by atoms with Gasteiger partial charge in [0.05, 0.1) is 21.3 Å². The van der Waals surface area contributed by atoms with Gasteiger partial charge in [0.2, 0.25) is 5.75 Å². The van der Waals surface area contributed by atoms with Gasteiger partial charge in [-0.25, -0.2) is 0 Å². The third kappa shape index (κ3) is 6.00. The molecule has 1 atom stereocenters. The molecular weight excluding hydrogens is 380 g/mol. The molecule has 9 nitrogen and oxygen atoms in total. The van der Waals surface area contributed by atoms with Crippen LogP contribution in [0, 0.1) is 5.92 Å². The molecule has 1 saturated heterocycles. The third-order valence-electron chi connectivity index (χ3n) is 4.69. The molecule has 0 aromatic heterocycles. The summed E-state index contributed by atoms with van der Waals surface area (Å²) in [5.41, 5.74) is 0.227. The van der Waals surface area contributed by atoms with E-state index in [1.54, 1.807) is 4.90 Å². The summed E-state index contributed by atoms with van der Waals surface area (Å²) >= 11 is 0. The molecule has 1 aliphatic rings. The summed E-state index contributed by atoms with van der Waals surface area (Å²) in [7, 11) is 4.34. The first-order valence-electron chi connectivity index (χ1n) is 9.41. The molecule has 29 heavy (non-hydrogen) atoms. The number of benzene rings is 1. The van der Waals surface area contributed by atoms with E-state index in [1.807, 2.05) is 0 Å². The first-order chi connectivity index (χ1) is 13.9. The number of amides is 2. The molecule has 1 aromatic carbocycles. The maximum Gasteiger partial charge on any atom is 0.325 e. The van der Waals surface area contributed by atoms with E-state index in [-0.39, 0.29) is 24.6 Å². The molecule has 1 aromatic rings. The van der Waals surface area contributed by atoms with Gasteiger partial charge in [-0.2, -0.15) is 0 Å². The number of ether oxygens (including phenoxy) is 4. The Morgan fingerprint density at radius 3 is 2.31 bits per heavy atom. The van der Waals surface area contributed by atoms with Crippen LogP contribution in [-0.4, -0.2) is 70.3 Å². The minimum Gasteiger partial charge on any atom is -0.493 e. The van der Waals surface area contributed by atoms with Crippen LogP contribution in [0.25, 0.3) is 0 Å². The molecule has 0 radical (unpaired) electrons. The van der Waals surface area contributed by atoms with Gasteiger partial charge in [0.25, 0.3) is 11.8 Å². The number of nitrogens with one attached hydrogen (secondary N) is 1. The second-order valence-electron chi connectivity index (χ2n) is 6.84.